The minimum Gasteiger partial charge on any atom is -0.309 e. The van der Waals surface area contributed by atoms with E-state index in [0.29, 0.717) is 5.92 Å². The van der Waals surface area contributed by atoms with Crippen LogP contribution in [0.2, 0.25) is 0 Å². The second kappa shape index (κ2) is 15.0. The average Bonchev–Trinajstić information content (AvgIpc) is 3.80. The Balaban J connectivity index is 1.14. The SMILES string of the molecule is CC1(C)c2ccccc2-c2c(N(c3ccccc3-c3ccc4c5ccccc5n(-c5ccccc5)c4c3)c3ccccc3-c3cccc4cccc(C5CCCCC5)c34)cccc21. The van der Waals surface area contributed by atoms with E-state index in [2.05, 4.69) is 224 Å². The number of anilines is 3. The van der Waals surface area contributed by atoms with Crippen molar-refractivity contribution in [3.8, 4) is 39.1 Å². The van der Waals surface area contributed by atoms with E-state index in [4.69, 9.17) is 0 Å². The van der Waals surface area contributed by atoms with Crippen molar-refractivity contribution in [3.05, 3.63) is 217 Å². The van der Waals surface area contributed by atoms with Gasteiger partial charge < -0.3 is 9.47 Å². The molecular weight excluding hydrogens is 761 g/mol. The van der Waals surface area contributed by atoms with Crippen molar-refractivity contribution in [1.82, 2.24) is 4.57 Å². The first kappa shape index (κ1) is 37.6. The van der Waals surface area contributed by atoms with Crippen LogP contribution >= 0.6 is 0 Å². The number of rotatable bonds is 7. The molecule has 0 radical (unpaired) electrons. The third-order valence-corrected chi connectivity index (χ3v) is 14.4. The molecule has 0 aliphatic heterocycles. The molecule has 1 aromatic heterocycles. The fraction of sp³-hybridized carbons (Fsp3) is 0.148. The summed E-state index contributed by atoms with van der Waals surface area (Å²) in [6, 6.07) is 75.0. The van der Waals surface area contributed by atoms with E-state index in [-0.39, 0.29) is 5.41 Å². The summed E-state index contributed by atoms with van der Waals surface area (Å²) in [4.78, 5) is 2.60. The third kappa shape index (κ3) is 5.99. The molecule has 2 aliphatic carbocycles. The Hall–Kier alpha value is -7.16. The highest BCUT2D eigenvalue weighted by Gasteiger charge is 2.38. The van der Waals surface area contributed by atoms with Crippen LogP contribution in [-0.2, 0) is 5.41 Å². The molecule has 1 saturated carbocycles. The van der Waals surface area contributed by atoms with Crippen LogP contribution in [0.15, 0.2) is 200 Å². The van der Waals surface area contributed by atoms with E-state index in [1.165, 1.54) is 126 Å². The van der Waals surface area contributed by atoms with Crippen LogP contribution in [0.25, 0.3) is 71.6 Å². The van der Waals surface area contributed by atoms with Gasteiger partial charge in [0.2, 0.25) is 0 Å². The zero-order valence-electron chi connectivity index (χ0n) is 36.1. The van der Waals surface area contributed by atoms with Gasteiger partial charge >= 0.3 is 0 Å². The summed E-state index contributed by atoms with van der Waals surface area (Å²) in [6.45, 7) is 4.77. The van der Waals surface area contributed by atoms with Gasteiger partial charge in [0.05, 0.1) is 28.1 Å². The first-order valence-electron chi connectivity index (χ1n) is 22.9. The quantitative estimate of drug-likeness (QED) is 0.156. The summed E-state index contributed by atoms with van der Waals surface area (Å²) in [7, 11) is 0. The molecule has 63 heavy (non-hydrogen) atoms. The predicted molar refractivity (Wildman–Crippen MR) is 267 cm³/mol. The highest BCUT2D eigenvalue weighted by Crippen LogP contribution is 2.56. The molecule has 2 aliphatic rings. The fourth-order valence-corrected chi connectivity index (χ4v) is 11.5. The molecule has 0 bridgehead atoms. The number of para-hydroxylation sites is 4. The molecule has 1 heterocycles. The number of nitrogens with zero attached hydrogens (tertiary/aromatic N) is 2. The lowest BCUT2D eigenvalue weighted by Gasteiger charge is -2.32. The molecule has 304 valence electrons. The van der Waals surface area contributed by atoms with Gasteiger partial charge in [0, 0.05) is 38.6 Å². The first-order chi connectivity index (χ1) is 31.1. The van der Waals surface area contributed by atoms with Crippen LogP contribution in [-0.4, -0.2) is 4.57 Å². The Bertz CT molecular complexity index is 3360. The van der Waals surface area contributed by atoms with Crippen molar-refractivity contribution in [2.75, 3.05) is 4.90 Å². The Kier molecular flexibility index (Phi) is 8.97. The van der Waals surface area contributed by atoms with Crippen molar-refractivity contribution in [1.29, 1.82) is 0 Å². The summed E-state index contributed by atoms with van der Waals surface area (Å²) in [5.74, 6) is 0.574. The molecule has 0 amide bonds. The van der Waals surface area contributed by atoms with Crippen LogP contribution in [0.3, 0.4) is 0 Å². The Morgan fingerprint density at radius 3 is 1.89 bits per heavy atom. The number of hydrogen-bond acceptors (Lipinski definition) is 1. The minimum absolute atomic E-state index is 0.146. The summed E-state index contributed by atoms with van der Waals surface area (Å²) in [5.41, 5.74) is 18.7. The minimum atomic E-state index is -0.146. The maximum atomic E-state index is 2.60. The highest BCUT2D eigenvalue weighted by atomic mass is 15.2. The van der Waals surface area contributed by atoms with E-state index >= 15 is 0 Å². The Labute approximate surface area is 370 Å². The zero-order chi connectivity index (χ0) is 42.1. The molecular formula is C61H50N2. The fourth-order valence-electron chi connectivity index (χ4n) is 11.5. The normalized spacial score (nSPS) is 14.6. The molecule has 2 nitrogen and oxygen atoms in total. The van der Waals surface area contributed by atoms with Gasteiger partial charge in [0.25, 0.3) is 0 Å². The molecule has 0 atom stereocenters. The van der Waals surface area contributed by atoms with E-state index < -0.39 is 0 Å². The van der Waals surface area contributed by atoms with Crippen LogP contribution in [0.1, 0.15) is 68.6 Å². The number of aromatic nitrogens is 1. The maximum Gasteiger partial charge on any atom is 0.0547 e. The lowest BCUT2D eigenvalue weighted by molar-refractivity contribution is 0.445. The molecule has 9 aromatic carbocycles. The lowest BCUT2D eigenvalue weighted by atomic mass is 9.80. The number of hydrogen-bond donors (Lipinski definition) is 0. The molecule has 12 rings (SSSR count). The van der Waals surface area contributed by atoms with E-state index in [1.807, 2.05) is 0 Å². The molecule has 0 spiro atoms. The average molecular weight is 811 g/mol. The van der Waals surface area contributed by atoms with E-state index in [0.717, 1.165) is 11.4 Å². The summed E-state index contributed by atoms with van der Waals surface area (Å²) in [5, 5.41) is 5.23. The topological polar surface area (TPSA) is 8.17 Å². The van der Waals surface area contributed by atoms with Gasteiger partial charge in [-0.05, 0) is 105 Å². The smallest absolute Gasteiger partial charge is 0.0547 e. The predicted octanol–water partition coefficient (Wildman–Crippen LogP) is 17.1. The second-order valence-corrected chi connectivity index (χ2v) is 18.2. The van der Waals surface area contributed by atoms with Crippen LogP contribution in [0.4, 0.5) is 17.1 Å². The zero-order valence-corrected chi connectivity index (χ0v) is 36.1. The number of fused-ring (bicyclic) bond motifs is 7. The largest absolute Gasteiger partial charge is 0.309 e. The standard InChI is InChI=1S/C61H50N2/c1-61(2)52-32-13-9-29-51(52)60-53(61)33-19-37-57(60)63(56-36-16-12-28-48(56)50-31-18-23-42-22-17-30-46(59(42)50)41-20-5-3-6-21-41)54-34-14-10-26-45(54)43-38-39-49-47-27-11-15-35-55(47)62(58(49)40-43)44-24-7-4-8-25-44/h4,7-19,22-41H,3,5-6,20-21H2,1-2H3. The molecule has 2 heteroatoms. The summed E-state index contributed by atoms with van der Waals surface area (Å²) < 4.78 is 2.43. The molecule has 0 unspecified atom stereocenters. The molecule has 0 N–H and O–H groups in total. The number of benzene rings is 9. The van der Waals surface area contributed by atoms with Crippen molar-refractivity contribution < 1.29 is 0 Å². The van der Waals surface area contributed by atoms with Gasteiger partial charge in [-0.3, -0.25) is 0 Å². The van der Waals surface area contributed by atoms with Gasteiger partial charge in [-0.15, -0.1) is 0 Å². The van der Waals surface area contributed by atoms with Crippen LogP contribution < -0.4 is 4.90 Å². The Morgan fingerprint density at radius 2 is 1.06 bits per heavy atom. The molecule has 0 saturated heterocycles. The van der Waals surface area contributed by atoms with Gasteiger partial charge in [0.15, 0.2) is 0 Å². The van der Waals surface area contributed by atoms with Crippen LogP contribution in [0, 0.1) is 0 Å². The van der Waals surface area contributed by atoms with Gasteiger partial charge in [-0.2, -0.15) is 0 Å². The molecule has 10 aromatic rings. The van der Waals surface area contributed by atoms with Gasteiger partial charge in [-0.1, -0.05) is 191 Å². The van der Waals surface area contributed by atoms with Crippen LogP contribution in [0.5, 0.6) is 0 Å². The maximum absolute atomic E-state index is 2.60. The van der Waals surface area contributed by atoms with Crippen molar-refractivity contribution in [2.24, 2.45) is 0 Å². The monoisotopic (exact) mass is 810 g/mol. The van der Waals surface area contributed by atoms with Crippen molar-refractivity contribution in [2.45, 2.75) is 57.3 Å². The third-order valence-electron chi connectivity index (χ3n) is 14.4. The van der Waals surface area contributed by atoms with Gasteiger partial charge in [0.1, 0.15) is 0 Å². The van der Waals surface area contributed by atoms with E-state index in [1.54, 1.807) is 0 Å². The second-order valence-electron chi connectivity index (χ2n) is 18.2. The Morgan fingerprint density at radius 1 is 0.460 bits per heavy atom. The highest BCUT2D eigenvalue weighted by molar-refractivity contribution is 6.11. The van der Waals surface area contributed by atoms with E-state index in [9.17, 15) is 0 Å². The summed E-state index contributed by atoms with van der Waals surface area (Å²) in [6.07, 6.45) is 6.47. The summed E-state index contributed by atoms with van der Waals surface area (Å²) >= 11 is 0. The first-order valence-corrected chi connectivity index (χ1v) is 22.9. The molecule has 1 fully saturated rings. The van der Waals surface area contributed by atoms with Crippen molar-refractivity contribution in [3.63, 3.8) is 0 Å². The van der Waals surface area contributed by atoms with Crippen molar-refractivity contribution >= 4 is 49.6 Å². The lowest BCUT2D eigenvalue weighted by Crippen LogP contribution is -2.16. The van der Waals surface area contributed by atoms with Gasteiger partial charge in [-0.25, -0.2) is 0 Å².